The van der Waals surface area contributed by atoms with Crippen molar-refractivity contribution in [3.63, 3.8) is 0 Å². The van der Waals surface area contributed by atoms with Crippen molar-refractivity contribution >= 4 is 21.4 Å². The molecule has 0 saturated heterocycles. The van der Waals surface area contributed by atoms with Gasteiger partial charge in [0.05, 0.1) is 6.20 Å². The number of hydrogen-bond donors (Lipinski definition) is 0. The van der Waals surface area contributed by atoms with Crippen LogP contribution in [0.2, 0.25) is 5.02 Å². The zero-order valence-corrected chi connectivity index (χ0v) is 9.92. The van der Waals surface area contributed by atoms with Crippen LogP contribution in [0, 0.1) is 0 Å². The van der Waals surface area contributed by atoms with Crippen molar-refractivity contribution in [3.05, 3.63) is 35.5 Å². The van der Waals surface area contributed by atoms with E-state index in [1.165, 1.54) is 6.20 Å². The minimum Gasteiger partial charge on any atom is -0.428 e. The Hall–Kier alpha value is -1.33. The van der Waals surface area contributed by atoms with Gasteiger partial charge in [0, 0.05) is 16.8 Å². The van der Waals surface area contributed by atoms with Gasteiger partial charge in [0.25, 0.3) is 0 Å². The first-order valence-corrected chi connectivity index (χ1v) is 6.65. The largest absolute Gasteiger partial charge is 0.428 e. The van der Waals surface area contributed by atoms with Gasteiger partial charge in [-0.25, -0.2) is 13.4 Å². The maximum absolute atomic E-state index is 11.2. The maximum atomic E-state index is 11.2. The molecule has 0 bridgehead atoms. The third kappa shape index (κ3) is 2.25. The van der Waals surface area contributed by atoms with Gasteiger partial charge < -0.3 is 4.42 Å². The summed E-state index contributed by atoms with van der Waals surface area (Å²) in [6.45, 7) is 0. The summed E-state index contributed by atoms with van der Waals surface area (Å²) in [6.07, 6.45) is 2.42. The first-order valence-electron chi connectivity index (χ1n) is 4.38. The fourth-order valence-electron chi connectivity index (χ4n) is 1.18. The van der Waals surface area contributed by atoms with E-state index in [9.17, 15) is 8.42 Å². The van der Waals surface area contributed by atoms with Crippen molar-refractivity contribution in [1.29, 1.82) is 0 Å². The highest BCUT2D eigenvalue weighted by Gasteiger charge is 2.15. The van der Waals surface area contributed by atoms with Crippen LogP contribution in [-0.4, -0.2) is 19.7 Å². The number of nitrogens with zero attached hydrogens (tertiary/aromatic N) is 1. The van der Waals surface area contributed by atoms with Crippen molar-refractivity contribution in [1.82, 2.24) is 4.98 Å². The molecule has 0 unspecified atom stereocenters. The van der Waals surface area contributed by atoms with E-state index in [0.29, 0.717) is 10.8 Å². The fraction of sp³-hybridized carbons (Fsp3) is 0.100. The Bertz CT molecular complexity index is 601. The van der Waals surface area contributed by atoms with E-state index in [1.54, 1.807) is 24.3 Å². The molecule has 0 N–H and O–H groups in total. The molecule has 0 radical (unpaired) electrons. The molecule has 1 aromatic carbocycles. The molecule has 0 aliphatic rings. The van der Waals surface area contributed by atoms with Gasteiger partial charge in [-0.3, -0.25) is 0 Å². The molecule has 16 heavy (non-hydrogen) atoms. The monoisotopic (exact) mass is 257 g/mol. The lowest BCUT2D eigenvalue weighted by atomic mass is 10.2. The normalized spacial score (nSPS) is 11.6. The second kappa shape index (κ2) is 3.92. The minimum atomic E-state index is -3.40. The van der Waals surface area contributed by atoms with Gasteiger partial charge in [0.1, 0.15) is 0 Å². The highest BCUT2D eigenvalue weighted by atomic mass is 35.5. The molecule has 0 spiro atoms. The molecule has 4 nitrogen and oxygen atoms in total. The predicted octanol–water partition coefficient (Wildman–Crippen LogP) is 2.40. The van der Waals surface area contributed by atoms with Crippen molar-refractivity contribution < 1.29 is 12.8 Å². The van der Waals surface area contributed by atoms with Gasteiger partial charge >= 0.3 is 5.22 Å². The van der Waals surface area contributed by atoms with Crippen molar-refractivity contribution in [2.75, 3.05) is 6.26 Å². The summed E-state index contributed by atoms with van der Waals surface area (Å²) >= 11 is 5.73. The third-order valence-electron chi connectivity index (χ3n) is 1.93. The highest BCUT2D eigenvalue weighted by molar-refractivity contribution is 7.90. The first-order chi connectivity index (χ1) is 7.47. The number of oxazole rings is 1. The summed E-state index contributed by atoms with van der Waals surface area (Å²) in [5, 5.41) is 0.323. The van der Waals surface area contributed by atoms with Crippen molar-refractivity contribution in [2.45, 2.75) is 5.22 Å². The summed E-state index contributed by atoms with van der Waals surface area (Å²) < 4.78 is 27.4. The summed E-state index contributed by atoms with van der Waals surface area (Å²) in [4.78, 5) is 3.70. The summed E-state index contributed by atoms with van der Waals surface area (Å²) in [6, 6.07) is 6.85. The third-order valence-corrected chi connectivity index (χ3v) is 3.01. The van der Waals surface area contributed by atoms with E-state index in [4.69, 9.17) is 16.0 Å². The molecule has 0 aliphatic heterocycles. The average molecular weight is 258 g/mol. The number of sulfone groups is 1. The van der Waals surface area contributed by atoms with Gasteiger partial charge in [-0.15, -0.1) is 0 Å². The van der Waals surface area contributed by atoms with Crippen LogP contribution in [0.4, 0.5) is 0 Å². The Balaban J connectivity index is 2.43. The van der Waals surface area contributed by atoms with Crippen molar-refractivity contribution in [2.24, 2.45) is 0 Å². The molecule has 2 rings (SSSR count). The summed E-state index contributed by atoms with van der Waals surface area (Å²) in [5.74, 6) is 0.400. The number of aromatic nitrogens is 1. The van der Waals surface area contributed by atoms with E-state index >= 15 is 0 Å². The van der Waals surface area contributed by atoms with E-state index in [0.717, 1.165) is 11.8 Å². The molecular formula is C10H8ClNO3S. The Kier molecular flexibility index (Phi) is 2.73. The van der Waals surface area contributed by atoms with Gasteiger partial charge in [-0.2, -0.15) is 0 Å². The number of hydrogen-bond acceptors (Lipinski definition) is 4. The molecule has 0 amide bonds. The second-order valence-electron chi connectivity index (χ2n) is 3.27. The van der Waals surface area contributed by atoms with Crippen LogP contribution in [0.5, 0.6) is 0 Å². The molecule has 0 fully saturated rings. The topological polar surface area (TPSA) is 60.2 Å². The summed E-state index contributed by atoms with van der Waals surface area (Å²) in [7, 11) is -3.40. The molecule has 2 aromatic rings. The Morgan fingerprint density at radius 1 is 1.25 bits per heavy atom. The molecule has 0 saturated carbocycles. The Labute approximate surface area is 97.8 Å². The molecule has 0 atom stereocenters. The van der Waals surface area contributed by atoms with Crippen LogP contribution in [0.25, 0.3) is 11.3 Å². The van der Waals surface area contributed by atoms with Gasteiger partial charge in [-0.1, -0.05) is 11.6 Å². The van der Waals surface area contributed by atoms with Crippen LogP contribution < -0.4 is 0 Å². The Morgan fingerprint density at radius 2 is 1.88 bits per heavy atom. The van der Waals surface area contributed by atoms with Gasteiger partial charge in [-0.05, 0) is 24.3 Å². The van der Waals surface area contributed by atoms with E-state index in [2.05, 4.69) is 4.98 Å². The SMILES string of the molecule is CS(=O)(=O)c1ncc(-c2ccc(Cl)cc2)o1. The van der Waals surface area contributed by atoms with E-state index in [-0.39, 0.29) is 5.22 Å². The van der Waals surface area contributed by atoms with Gasteiger partial charge in [0.2, 0.25) is 9.84 Å². The second-order valence-corrected chi connectivity index (χ2v) is 5.60. The molecular weight excluding hydrogens is 250 g/mol. The minimum absolute atomic E-state index is 0.280. The first kappa shape index (κ1) is 11.2. The zero-order valence-electron chi connectivity index (χ0n) is 8.34. The molecule has 0 aliphatic carbocycles. The lowest BCUT2D eigenvalue weighted by Crippen LogP contribution is -1.95. The van der Waals surface area contributed by atoms with E-state index in [1.807, 2.05) is 0 Å². The zero-order chi connectivity index (χ0) is 11.8. The maximum Gasteiger partial charge on any atom is 0.315 e. The van der Waals surface area contributed by atoms with Gasteiger partial charge in [0.15, 0.2) is 5.76 Å². The smallest absolute Gasteiger partial charge is 0.315 e. The predicted molar refractivity (Wildman–Crippen MR) is 60.1 cm³/mol. The van der Waals surface area contributed by atoms with Crippen LogP contribution in [0.1, 0.15) is 0 Å². The van der Waals surface area contributed by atoms with E-state index < -0.39 is 9.84 Å². The van der Waals surface area contributed by atoms with Crippen LogP contribution >= 0.6 is 11.6 Å². The fourth-order valence-corrected chi connectivity index (χ4v) is 1.79. The lowest BCUT2D eigenvalue weighted by molar-refractivity contribution is 0.442. The lowest BCUT2D eigenvalue weighted by Gasteiger charge is -1.95. The molecule has 1 heterocycles. The summed E-state index contributed by atoms with van der Waals surface area (Å²) in [5.41, 5.74) is 0.729. The average Bonchev–Trinajstić information content (AvgIpc) is 2.67. The number of benzene rings is 1. The molecule has 1 aromatic heterocycles. The van der Waals surface area contributed by atoms with Crippen molar-refractivity contribution in [3.8, 4) is 11.3 Å². The Morgan fingerprint density at radius 3 is 2.38 bits per heavy atom. The highest BCUT2D eigenvalue weighted by Crippen LogP contribution is 2.23. The molecule has 84 valence electrons. The number of rotatable bonds is 2. The molecule has 6 heteroatoms. The standard InChI is InChI=1S/C10H8ClNO3S/c1-16(13,14)10-12-6-9(15-10)7-2-4-8(11)5-3-7/h2-6H,1H3. The quantitative estimate of drug-likeness (QED) is 0.829. The van der Waals surface area contributed by atoms with Crippen LogP contribution in [0.3, 0.4) is 0 Å². The number of halogens is 1. The van der Waals surface area contributed by atoms with Crippen LogP contribution in [0.15, 0.2) is 40.1 Å². The van der Waals surface area contributed by atoms with Crippen LogP contribution in [-0.2, 0) is 9.84 Å².